The highest BCUT2D eigenvalue weighted by atomic mass is 16.7. The standard InChI is InChI=1S/C43H76N2O6/c1-6-7-8-9-10-11-12-13-14-15-16-17-18-19-20-24-29-43(30-25-21-26-31-43)40(49)45-36-28-23-22-27-34(36)35(39(47)48)32-44-38(46)37-41(2,3)33-50-42(4,5)51-37/h13-14,34-37H,6-12,15-33H2,1-5H3,(H,44,46)(H,45,49)(H,47,48). The van der Waals surface area contributed by atoms with E-state index in [9.17, 15) is 19.5 Å². The first-order valence-electron chi connectivity index (χ1n) is 21.2. The summed E-state index contributed by atoms with van der Waals surface area (Å²) in [5.41, 5.74) is -0.884. The predicted octanol–water partition coefficient (Wildman–Crippen LogP) is 10.0. The topological polar surface area (TPSA) is 114 Å². The monoisotopic (exact) mass is 717 g/mol. The molecule has 3 fully saturated rings. The number of carboxylic acids is 1. The van der Waals surface area contributed by atoms with Crippen molar-refractivity contribution in [1.29, 1.82) is 0 Å². The van der Waals surface area contributed by atoms with Crippen LogP contribution in [0.4, 0.5) is 0 Å². The molecular formula is C43H76N2O6. The number of allylic oxidation sites excluding steroid dienone is 2. The molecule has 294 valence electrons. The average molecular weight is 717 g/mol. The Bertz CT molecular complexity index is 1060. The maximum absolute atomic E-state index is 14.2. The number of aliphatic carboxylic acids is 1. The van der Waals surface area contributed by atoms with E-state index < -0.39 is 29.2 Å². The van der Waals surface area contributed by atoms with E-state index in [1.165, 1.54) is 89.9 Å². The first-order chi connectivity index (χ1) is 24.4. The van der Waals surface area contributed by atoms with Gasteiger partial charge < -0.3 is 25.2 Å². The normalized spacial score (nSPS) is 24.9. The number of carbonyl (C=O) groups excluding carboxylic acids is 2. The summed E-state index contributed by atoms with van der Waals surface area (Å²) in [7, 11) is 0. The molecule has 2 aliphatic carbocycles. The van der Waals surface area contributed by atoms with Crippen LogP contribution in [0.25, 0.3) is 0 Å². The van der Waals surface area contributed by atoms with Crippen LogP contribution < -0.4 is 10.6 Å². The molecule has 4 atom stereocenters. The van der Waals surface area contributed by atoms with Crippen molar-refractivity contribution in [1.82, 2.24) is 10.6 Å². The molecule has 1 saturated heterocycles. The van der Waals surface area contributed by atoms with Crippen LogP contribution in [0.2, 0.25) is 0 Å². The van der Waals surface area contributed by atoms with Crippen molar-refractivity contribution in [2.24, 2.45) is 22.7 Å². The van der Waals surface area contributed by atoms with E-state index >= 15 is 0 Å². The molecule has 0 radical (unpaired) electrons. The van der Waals surface area contributed by atoms with Gasteiger partial charge in [-0.05, 0) is 77.6 Å². The third-order valence-corrected chi connectivity index (χ3v) is 12.1. The van der Waals surface area contributed by atoms with Crippen LogP contribution in [0.3, 0.4) is 0 Å². The molecule has 3 aliphatic rings. The molecule has 1 heterocycles. The molecule has 2 amide bonds. The minimum absolute atomic E-state index is 0.0169. The molecule has 0 aromatic carbocycles. The van der Waals surface area contributed by atoms with Crippen LogP contribution in [0.5, 0.6) is 0 Å². The van der Waals surface area contributed by atoms with Crippen molar-refractivity contribution in [3.05, 3.63) is 12.2 Å². The smallest absolute Gasteiger partial charge is 0.308 e. The third-order valence-electron chi connectivity index (χ3n) is 12.1. The molecule has 8 nitrogen and oxygen atoms in total. The minimum atomic E-state index is -0.925. The van der Waals surface area contributed by atoms with Crippen molar-refractivity contribution in [2.75, 3.05) is 13.2 Å². The molecule has 4 unspecified atom stereocenters. The minimum Gasteiger partial charge on any atom is -0.481 e. The van der Waals surface area contributed by atoms with E-state index in [4.69, 9.17) is 9.47 Å². The molecular weight excluding hydrogens is 640 g/mol. The predicted molar refractivity (Wildman–Crippen MR) is 206 cm³/mol. The van der Waals surface area contributed by atoms with Gasteiger partial charge in [0, 0.05) is 23.4 Å². The Morgan fingerprint density at radius 3 is 2.00 bits per heavy atom. The van der Waals surface area contributed by atoms with E-state index in [1.807, 2.05) is 13.8 Å². The molecule has 51 heavy (non-hydrogen) atoms. The number of nitrogens with one attached hydrogen (secondary N) is 2. The summed E-state index contributed by atoms with van der Waals surface area (Å²) in [6, 6.07) is -0.197. The molecule has 3 rings (SSSR count). The second kappa shape index (κ2) is 22.3. The zero-order chi connectivity index (χ0) is 37.2. The largest absolute Gasteiger partial charge is 0.481 e. The van der Waals surface area contributed by atoms with Crippen molar-refractivity contribution in [3.63, 3.8) is 0 Å². The van der Waals surface area contributed by atoms with Crippen LogP contribution in [0.15, 0.2) is 12.2 Å². The second-order valence-electron chi connectivity index (χ2n) is 17.4. The van der Waals surface area contributed by atoms with Crippen LogP contribution in [-0.2, 0) is 23.9 Å². The molecule has 0 aromatic rings. The highest BCUT2D eigenvalue weighted by molar-refractivity contribution is 5.84. The number of carbonyl (C=O) groups is 3. The molecule has 0 bridgehead atoms. The Balaban J connectivity index is 1.45. The Labute approximate surface area is 311 Å². The fourth-order valence-electron chi connectivity index (χ4n) is 8.72. The molecule has 3 N–H and O–H groups in total. The fraction of sp³-hybridized carbons (Fsp3) is 0.884. The Hall–Kier alpha value is -1.93. The summed E-state index contributed by atoms with van der Waals surface area (Å²) >= 11 is 0. The van der Waals surface area contributed by atoms with Gasteiger partial charge in [0.25, 0.3) is 0 Å². The Morgan fingerprint density at radius 2 is 1.37 bits per heavy atom. The molecule has 0 aromatic heterocycles. The van der Waals surface area contributed by atoms with Gasteiger partial charge in [-0.3, -0.25) is 14.4 Å². The lowest BCUT2D eigenvalue weighted by atomic mass is 9.69. The average Bonchev–Trinajstić information content (AvgIpc) is 3.10. The summed E-state index contributed by atoms with van der Waals surface area (Å²) in [5.74, 6) is -3.00. The Morgan fingerprint density at radius 1 is 0.784 bits per heavy atom. The summed E-state index contributed by atoms with van der Waals surface area (Å²) in [5, 5.41) is 16.7. The van der Waals surface area contributed by atoms with Gasteiger partial charge in [-0.15, -0.1) is 0 Å². The lowest BCUT2D eigenvalue weighted by molar-refractivity contribution is -0.304. The van der Waals surface area contributed by atoms with Crippen molar-refractivity contribution in [3.8, 4) is 0 Å². The van der Waals surface area contributed by atoms with Gasteiger partial charge in [0.15, 0.2) is 5.79 Å². The number of carboxylic acid groups (broad SMARTS) is 1. The van der Waals surface area contributed by atoms with Gasteiger partial charge in [-0.2, -0.15) is 0 Å². The highest BCUT2D eigenvalue weighted by Gasteiger charge is 2.47. The van der Waals surface area contributed by atoms with Crippen molar-refractivity contribution >= 4 is 17.8 Å². The van der Waals surface area contributed by atoms with Crippen molar-refractivity contribution < 1.29 is 29.0 Å². The van der Waals surface area contributed by atoms with E-state index in [-0.39, 0.29) is 35.7 Å². The number of ether oxygens (including phenoxy) is 2. The van der Waals surface area contributed by atoms with Gasteiger partial charge in [-0.25, -0.2) is 0 Å². The molecule has 2 saturated carbocycles. The first kappa shape index (κ1) is 43.5. The molecule has 8 heteroatoms. The summed E-state index contributed by atoms with van der Waals surface area (Å²) in [4.78, 5) is 40.2. The number of rotatable bonds is 23. The van der Waals surface area contributed by atoms with E-state index in [0.29, 0.717) is 6.61 Å². The van der Waals surface area contributed by atoms with Gasteiger partial charge in [-0.1, -0.05) is 129 Å². The van der Waals surface area contributed by atoms with E-state index in [2.05, 4.69) is 29.7 Å². The van der Waals surface area contributed by atoms with Gasteiger partial charge in [0.2, 0.25) is 11.8 Å². The van der Waals surface area contributed by atoms with Gasteiger partial charge in [0.1, 0.15) is 6.10 Å². The maximum atomic E-state index is 14.2. The SMILES string of the molecule is CCCCCCCCC=CCCCCCCCCC1(C(=O)NC2CCCCC2C(CNC(=O)C2OC(C)(C)OCC2(C)C)C(=O)O)CCCCC1. The molecule has 1 aliphatic heterocycles. The van der Waals surface area contributed by atoms with E-state index in [0.717, 1.165) is 64.2 Å². The fourth-order valence-corrected chi connectivity index (χ4v) is 8.72. The number of hydrogen-bond donors (Lipinski definition) is 3. The van der Waals surface area contributed by atoms with Crippen LogP contribution >= 0.6 is 0 Å². The number of amides is 2. The van der Waals surface area contributed by atoms with Crippen LogP contribution in [0.1, 0.15) is 189 Å². The lowest BCUT2D eigenvalue weighted by Gasteiger charge is -2.45. The number of hydrogen-bond acceptors (Lipinski definition) is 5. The quantitative estimate of drug-likeness (QED) is 0.0717. The highest BCUT2D eigenvalue weighted by Crippen LogP contribution is 2.42. The van der Waals surface area contributed by atoms with Gasteiger partial charge >= 0.3 is 5.97 Å². The zero-order valence-electron chi connectivity index (χ0n) is 33.3. The van der Waals surface area contributed by atoms with E-state index in [1.54, 1.807) is 13.8 Å². The van der Waals surface area contributed by atoms with Crippen molar-refractivity contribution in [2.45, 2.75) is 207 Å². The second-order valence-corrected chi connectivity index (χ2v) is 17.4. The van der Waals surface area contributed by atoms with Crippen LogP contribution in [0, 0.1) is 22.7 Å². The lowest BCUT2D eigenvalue weighted by Crippen LogP contribution is -2.58. The van der Waals surface area contributed by atoms with Crippen LogP contribution in [-0.4, -0.2) is 54.0 Å². The first-order valence-corrected chi connectivity index (χ1v) is 21.2. The van der Waals surface area contributed by atoms with Gasteiger partial charge in [0.05, 0.1) is 12.5 Å². The number of unbranched alkanes of at least 4 members (excludes halogenated alkanes) is 12. The summed E-state index contributed by atoms with van der Waals surface area (Å²) in [6.45, 7) is 10.1. The maximum Gasteiger partial charge on any atom is 0.308 e. The zero-order valence-corrected chi connectivity index (χ0v) is 33.3. The summed E-state index contributed by atoms with van der Waals surface area (Å²) < 4.78 is 11.8. The molecule has 0 spiro atoms. The summed E-state index contributed by atoms with van der Waals surface area (Å²) in [6.07, 6.45) is 31.4. The third kappa shape index (κ3) is 14.8. The Kier molecular flexibility index (Phi) is 19.0.